The summed E-state index contributed by atoms with van der Waals surface area (Å²) in [4.78, 5) is 0. The fourth-order valence-corrected chi connectivity index (χ4v) is 4.11. The number of aryl methyl sites for hydroxylation is 1. The molecule has 0 aliphatic heterocycles. The van der Waals surface area contributed by atoms with Crippen molar-refractivity contribution in [3.05, 3.63) is 53.7 Å². The molecule has 0 unspecified atom stereocenters. The summed E-state index contributed by atoms with van der Waals surface area (Å²) in [7, 11) is 1.66. The van der Waals surface area contributed by atoms with E-state index in [1.807, 2.05) is 43.5 Å². The Hall–Kier alpha value is -2.62. The topological polar surface area (TPSA) is 59.2 Å². The predicted octanol–water partition coefficient (Wildman–Crippen LogP) is 6.01. The Balaban J connectivity index is 0.000000330. The number of nitrogens with one attached hydrogen (secondary N) is 1. The van der Waals surface area contributed by atoms with Crippen LogP contribution in [0.3, 0.4) is 0 Å². The Morgan fingerprint density at radius 3 is 2.61 bits per heavy atom. The minimum absolute atomic E-state index is 0.564. The highest BCUT2D eigenvalue weighted by Crippen LogP contribution is 2.30. The molecule has 4 rings (SSSR count). The van der Waals surface area contributed by atoms with E-state index >= 15 is 0 Å². The van der Waals surface area contributed by atoms with E-state index in [0.29, 0.717) is 17.9 Å². The molecule has 0 saturated heterocycles. The van der Waals surface area contributed by atoms with Crippen molar-refractivity contribution >= 4 is 22.9 Å². The summed E-state index contributed by atoms with van der Waals surface area (Å²) >= 11 is 1.74. The summed E-state index contributed by atoms with van der Waals surface area (Å²) in [6.45, 7) is 4.64. The fraction of sp³-hybridized carbons (Fsp3) is 0.400. The molecule has 1 aromatic heterocycles. The number of rotatable bonds is 7. The molecule has 164 valence electrons. The number of methoxy groups -OCH3 is 1. The Kier molecular flexibility index (Phi) is 8.27. The average Bonchev–Trinajstić information content (AvgIpc) is 3.18. The van der Waals surface area contributed by atoms with Crippen LogP contribution in [0.25, 0.3) is 16.6 Å². The highest BCUT2D eigenvalue weighted by Gasteiger charge is 2.15. The number of hydrogen-bond donors (Lipinski definition) is 1. The zero-order valence-corrected chi connectivity index (χ0v) is 19.6. The summed E-state index contributed by atoms with van der Waals surface area (Å²) in [6.07, 6.45) is 9.21. The summed E-state index contributed by atoms with van der Waals surface area (Å²) in [5.41, 5.74) is 3.55. The van der Waals surface area contributed by atoms with Crippen LogP contribution in [-0.2, 0) is 0 Å². The van der Waals surface area contributed by atoms with Crippen molar-refractivity contribution in [1.82, 2.24) is 9.29 Å². The molecule has 3 aromatic rings. The molecule has 1 aliphatic carbocycles. The quantitative estimate of drug-likeness (QED) is 0.458. The van der Waals surface area contributed by atoms with E-state index in [9.17, 15) is 5.26 Å². The van der Waals surface area contributed by atoms with E-state index in [1.165, 1.54) is 19.3 Å². The number of nitriles is 1. The maximum atomic E-state index is 9.49. The third kappa shape index (κ3) is 5.55. The Labute approximate surface area is 189 Å². The van der Waals surface area contributed by atoms with Crippen LogP contribution in [0.5, 0.6) is 11.5 Å². The Bertz CT molecular complexity index is 1050. The van der Waals surface area contributed by atoms with Gasteiger partial charge >= 0.3 is 0 Å². The monoisotopic (exact) mass is 437 g/mol. The molecule has 1 N–H and O–H groups in total. The molecular formula is C25H31N3O2S. The van der Waals surface area contributed by atoms with Gasteiger partial charge in [-0.3, -0.25) is 4.72 Å². The van der Waals surface area contributed by atoms with Gasteiger partial charge in [0.2, 0.25) is 0 Å². The molecule has 2 aromatic carbocycles. The predicted molar refractivity (Wildman–Crippen MR) is 129 cm³/mol. The molecule has 0 radical (unpaired) electrons. The number of hydrogen-bond acceptors (Lipinski definition) is 5. The van der Waals surface area contributed by atoms with Crippen molar-refractivity contribution in [1.29, 1.82) is 5.26 Å². The third-order valence-electron chi connectivity index (χ3n) is 5.40. The van der Waals surface area contributed by atoms with Crippen molar-refractivity contribution in [3.63, 3.8) is 0 Å². The SMILES string of the molecule is CCCOc1c(C)cc(-n2ccc3cc(OC)ccc32)cc1C#N.CSNC1CCC1. The van der Waals surface area contributed by atoms with Crippen LogP contribution >= 0.6 is 11.9 Å². The van der Waals surface area contributed by atoms with Gasteiger partial charge in [-0.25, -0.2) is 0 Å². The van der Waals surface area contributed by atoms with Crippen molar-refractivity contribution in [2.45, 2.75) is 45.6 Å². The lowest BCUT2D eigenvalue weighted by atomic mass is 9.94. The van der Waals surface area contributed by atoms with Gasteiger partial charge in [-0.2, -0.15) is 5.26 Å². The van der Waals surface area contributed by atoms with Gasteiger partial charge in [0.15, 0.2) is 0 Å². The van der Waals surface area contributed by atoms with Crippen LogP contribution in [0.15, 0.2) is 42.6 Å². The first-order chi connectivity index (χ1) is 15.1. The van der Waals surface area contributed by atoms with Crippen LogP contribution in [0, 0.1) is 18.3 Å². The van der Waals surface area contributed by atoms with E-state index < -0.39 is 0 Å². The van der Waals surface area contributed by atoms with Crippen molar-refractivity contribution in [3.8, 4) is 23.3 Å². The van der Waals surface area contributed by atoms with E-state index in [1.54, 1.807) is 19.1 Å². The first-order valence-corrected chi connectivity index (χ1v) is 11.9. The number of nitrogens with zero attached hydrogens (tertiary/aromatic N) is 2. The van der Waals surface area contributed by atoms with Crippen LogP contribution in [0.4, 0.5) is 0 Å². The molecular weight excluding hydrogens is 406 g/mol. The van der Waals surface area contributed by atoms with Gasteiger partial charge in [0, 0.05) is 23.3 Å². The smallest absolute Gasteiger partial charge is 0.140 e. The van der Waals surface area contributed by atoms with Crippen molar-refractivity contribution < 1.29 is 9.47 Å². The lowest BCUT2D eigenvalue weighted by Gasteiger charge is -2.24. The first-order valence-electron chi connectivity index (χ1n) is 10.7. The largest absolute Gasteiger partial charge is 0.497 e. The second kappa shape index (κ2) is 11.1. The highest BCUT2D eigenvalue weighted by molar-refractivity contribution is 7.96. The molecule has 0 amide bonds. The van der Waals surface area contributed by atoms with Crippen LogP contribution in [0.2, 0.25) is 0 Å². The number of fused-ring (bicyclic) bond motifs is 1. The van der Waals surface area contributed by atoms with E-state index in [2.05, 4.69) is 34.6 Å². The number of ether oxygens (including phenoxy) is 2. The van der Waals surface area contributed by atoms with Crippen molar-refractivity contribution in [2.75, 3.05) is 20.0 Å². The number of benzene rings is 2. The van der Waals surface area contributed by atoms with Gasteiger partial charge in [-0.05, 0) is 74.4 Å². The summed E-state index contributed by atoms with van der Waals surface area (Å²) < 4.78 is 16.4. The number of aromatic nitrogens is 1. The lowest BCUT2D eigenvalue weighted by Crippen LogP contribution is -2.29. The maximum absolute atomic E-state index is 9.49. The average molecular weight is 438 g/mol. The molecule has 1 fully saturated rings. The molecule has 1 heterocycles. The van der Waals surface area contributed by atoms with E-state index in [4.69, 9.17) is 9.47 Å². The Morgan fingerprint density at radius 2 is 2.03 bits per heavy atom. The zero-order chi connectivity index (χ0) is 22.2. The van der Waals surface area contributed by atoms with Gasteiger partial charge in [-0.1, -0.05) is 25.3 Å². The fourth-order valence-electron chi connectivity index (χ4n) is 3.54. The molecule has 31 heavy (non-hydrogen) atoms. The van der Waals surface area contributed by atoms with E-state index in [-0.39, 0.29) is 0 Å². The molecule has 0 atom stereocenters. The molecule has 5 nitrogen and oxygen atoms in total. The van der Waals surface area contributed by atoms with Crippen molar-refractivity contribution in [2.24, 2.45) is 0 Å². The third-order valence-corrected chi connectivity index (χ3v) is 5.96. The summed E-state index contributed by atoms with van der Waals surface area (Å²) in [5.74, 6) is 1.51. The minimum atomic E-state index is 0.564. The first kappa shape index (κ1) is 23.1. The van der Waals surface area contributed by atoms with Crippen LogP contribution < -0.4 is 14.2 Å². The molecule has 0 spiro atoms. The van der Waals surface area contributed by atoms with Crippen LogP contribution in [0.1, 0.15) is 43.7 Å². The van der Waals surface area contributed by atoms with Gasteiger partial charge in [0.05, 0.1) is 24.8 Å². The second-order valence-electron chi connectivity index (χ2n) is 7.66. The minimum Gasteiger partial charge on any atom is -0.497 e. The lowest BCUT2D eigenvalue weighted by molar-refractivity contribution is 0.314. The standard InChI is InChI=1S/C20H20N2O2.C5H11NS/c1-4-9-24-20-14(2)10-17(11-16(20)13-21)22-8-7-15-12-18(23-3)5-6-19(15)22;1-7-6-5-3-2-4-5/h5-8,10-12H,4,9H2,1-3H3;5-6H,2-4H2,1H3. The molecule has 1 aliphatic rings. The van der Waals surface area contributed by atoms with Gasteiger partial charge in [0.25, 0.3) is 0 Å². The zero-order valence-electron chi connectivity index (χ0n) is 18.8. The summed E-state index contributed by atoms with van der Waals surface area (Å²) in [6, 6.07) is 15.0. The normalized spacial score (nSPS) is 13.1. The Morgan fingerprint density at radius 1 is 1.23 bits per heavy atom. The van der Waals surface area contributed by atoms with E-state index in [0.717, 1.165) is 40.4 Å². The molecule has 0 bridgehead atoms. The second-order valence-corrected chi connectivity index (χ2v) is 8.30. The molecule has 1 saturated carbocycles. The van der Waals surface area contributed by atoms with Gasteiger partial charge in [0.1, 0.15) is 17.6 Å². The maximum Gasteiger partial charge on any atom is 0.140 e. The van der Waals surface area contributed by atoms with Gasteiger partial charge < -0.3 is 14.0 Å². The van der Waals surface area contributed by atoms with Crippen LogP contribution in [-0.4, -0.2) is 30.6 Å². The van der Waals surface area contributed by atoms with Gasteiger partial charge in [-0.15, -0.1) is 0 Å². The molecule has 6 heteroatoms. The highest BCUT2D eigenvalue weighted by atomic mass is 32.2. The summed E-state index contributed by atoms with van der Waals surface area (Å²) in [5, 5.41) is 10.6.